The van der Waals surface area contributed by atoms with Gasteiger partial charge in [0.2, 0.25) is 5.89 Å². The number of rotatable bonds is 5. The maximum atomic E-state index is 10.2. The summed E-state index contributed by atoms with van der Waals surface area (Å²) >= 11 is 3.85. The van der Waals surface area contributed by atoms with Crippen LogP contribution in [0.25, 0.3) is 0 Å². The van der Waals surface area contributed by atoms with Gasteiger partial charge in [-0.2, -0.15) is 0 Å². The van der Waals surface area contributed by atoms with Crippen LogP contribution in [0.1, 0.15) is 25.2 Å². The number of hydrogen-bond donors (Lipinski definition) is 2. The molecular formula is C7H10N2O3S. The summed E-state index contributed by atoms with van der Waals surface area (Å²) in [6.45, 7) is 0. The second-order valence-electron chi connectivity index (χ2n) is 2.58. The highest BCUT2D eigenvalue weighted by molar-refractivity contribution is 7.80. The molecule has 0 aliphatic heterocycles. The van der Waals surface area contributed by atoms with E-state index in [-0.39, 0.29) is 11.6 Å². The van der Waals surface area contributed by atoms with Gasteiger partial charge in [0.15, 0.2) is 0 Å². The summed E-state index contributed by atoms with van der Waals surface area (Å²) in [6, 6.07) is 0. The van der Waals surface area contributed by atoms with Crippen LogP contribution in [0.4, 0.5) is 0 Å². The summed E-state index contributed by atoms with van der Waals surface area (Å²) in [6.07, 6.45) is 2.16. The number of unbranched alkanes of at least 4 members (excludes halogenated alkanes) is 1. The first kappa shape index (κ1) is 10.0. The van der Waals surface area contributed by atoms with Gasteiger partial charge < -0.3 is 9.52 Å². The van der Waals surface area contributed by atoms with Gasteiger partial charge in [0, 0.05) is 12.8 Å². The number of carboxylic acid groups (broad SMARTS) is 1. The third kappa shape index (κ3) is 3.93. The van der Waals surface area contributed by atoms with Crippen molar-refractivity contribution in [3.8, 4) is 0 Å². The highest BCUT2D eigenvalue weighted by atomic mass is 32.1. The first-order valence-electron chi connectivity index (χ1n) is 3.91. The Hall–Kier alpha value is -1.04. The molecule has 1 heterocycles. The number of aromatic nitrogens is 2. The molecule has 5 nitrogen and oxygen atoms in total. The van der Waals surface area contributed by atoms with Crippen LogP contribution in [0, 0.1) is 0 Å². The molecule has 0 unspecified atom stereocenters. The van der Waals surface area contributed by atoms with Gasteiger partial charge in [0.25, 0.3) is 5.22 Å². The highest BCUT2D eigenvalue weighted by Gasteiger charge is 2.03. The number of aryl methyl sites for hydroxylation is 1. The van der Waals surface area contributed by atoms with Gasteiger partial charge in [-0.05, 0) is 12.8 Å². The number of carbonyl (C=O) groups is 1. The molecule has 0 saturated carbocycles. The van der Waals surface area contributed by atoms with Crippen LogP contribution < -0.4 is 0 Å². The van der Waals surface area contributed by atoms with Crippen molar-refractivity contribution in [3.05, 3.63) is 5.89 Å². The van der Waals surface area contributed by atoms with Gasteiger partial charge in [-0.25, -0.2) is 0 Å². The summed E-state index contributed by atoms with van der Waals surface area (Å²) in [5.41, 5.74) is 0. The molecule has 0 fully saturated rings. The molecule has 0 aliphatic carbocycles. The normalized spacial score (nSPS) is 10.2. The average Bonchev–Trinajstić information content (AvgIpc) is 2.45. The molecule has 72 valence electrons. The number of hydrogen-bond acceptors (Lipinski definition) is 5. The summed E-state index contributed by atoms with van der Waals surface area (Å²) in [5, 5.41) is 15.8. The Morgan fingerprint density at radius 1 is 1.46 bits per heavy atom. The lowest BCUT2D eigenvalue weighted by molar-refractivity contribution is -0.137. The van der Waals surface area contributed by atoms with Crippen molar-refractivity contribution in [2.75, 3.05) is 0 Å². The first-order valence-corrected chi connectivity index (χ1v) is 4.36. The zero-order chi connectivity index (χ0) is 9.68. The maximum Gasteiger partial charge on any atom is 0.303 e. The largest absolute Gasteiger partial charge is 0.481 e. The van der Waals surface area contributed by atoms with Crippen LogP contribution in [-0.4, -0.2) is 21.3 Å². The lowest BCUT2D eigenvalue weighted by Crippen LogP contribution is -1.95. The molecule has 0 aliphatic rings. The van der Waals surface area contributed by atoms with E-state index in [2.05, 4.69) is 22.8 Å². The zero-order valence-corrected chi connectivity index (χ0v) is 7.83. The van der Waals surface area contributed by atoms with Crippen molar-refractivity contribution in [1.82, 2.24) is 10.2 Å². The molecule has 1 N–H and O–H groups in total. The van der Waals surface area contributed by atoms with Gasteiger partial charge in [0.05, 0.1) is 0 Å². The molecule has 1 rings (SSSR count). The van der Waals surface area contributed by atoms with Gasteiger partial charge in [-0.3, -0.25) is 4.79 Å². The second kappa shape index (κ2) is 4.86. The lowest BCUT2D eigenvalue weighted by Gasteiger charge is -1.93. The van der Waals surface area contributed by atoms with Gasteiger partial charge in [-0.15, -0.1) is 10.2 Å². The van der Waals surface area contributed by atoms with Crippen LogP contribution in [-0.2, 0) is 11.2 Å². The molecule has 1 aromatic rings. The summed E-state index contributed by atoms with van der Waals surface area (Å²) in [7, 11) is 0. The van der Waals surface area contributed by atoms with E-state index in [4.69, 9.17) is 9.52 Å². The Kier molecular flexibility index (Phi) is 3.75. The molecule has 0 bridgehead atoms. The number of carboxylic acids is 1. The van der Waals surface area contributed by atoms with Crippen LogP contribution in [0.2, 0.25) is 0 Å². The molecule has 0 radical (unpaired) electrons. The van der Waals surface area contributed by atoms with Gasteiger partial charge >= 0.3 is 5.97 Å². The van der Waals surface area contributed by atoms with E-state index >= 15 is 0 Å². The third-order valence-electron chi connectivity index (χ3n) is 1.49. The maximum absolute atomic E-state index is 10.2. The smallest absolute Gasteiger partial charge is 0.303 e. The molecule has 0 saturated heterocycles. The molecule has 0 amide bonds. The summed E-state index contributed by atoms with van der Waals surface area (Å²) in [4.78, 5) is 10.2. The lowest BCUT2D eigenvalue weighted by atomic mass is 10.2. The predicted molar refractivity (Wildman–Crippen MR) is 46.7 cm³/mol. The topological polar surface area (TPSA) is 76.2 Å². The minimum Gasteiger partial charge on any atom is -0.481 e. The molecule has 13 heavy (non-hydrogen) atoms. The van der Waals surface area contributed by atoms with E-state index in [1.807, 2.05) is 0 Å². The summed E-state index contributed by atoms with van der Waals surface area (Å²) < 4.78 is 4.99. The third-order valence-corrected chi connectivity index (χ3v) is 1.67. The number of thiol groups is 1. The zero-order valence-electron chi connectivity index (χ0n) is 6.93. The standard InChI is InChI=1S/C7H10N2O3S/c10-6(11)4-2-1-3-5-8-9-7(13)12-5/h1-4H2,(H,9,13)(H,10,11). The van der Waals surface area contributed by atoms with Crippen LogP contribution in [0.15, 0.2) is 9.64 Å². The summed E-state index contributed by atoms with van der Waals surface area (Å²) in [5.74, 6) is -0.268. The quantitative estimate of drug-likeness (QED) is 0.553. The highest BCUT2D eigenvalue weighted by Crippen LogP contribution is 2.07. The van der Waals surface area contributed by atoms with Gasteiger partial charge in [-0.1, -0.05) is 12.6 Å². The Labute approximate surface area is 80.6 Å². The molecule has 6 heteroatoms. The monoisotopic (exact) mass is 202 g/mol. The van der Waals surface area contributed by atoms with Crippen LogP contribution >= 0.6 is 12.6 Å². The molecular weight excluding hydrogens is 192 g/mol. The van der Waals surface area contributed by atoms with Crippen molar-refractivity contribution < 1.29 is 14.3 Å². The van der Waals surface area contributed by atoms with Gasteiger partial charge in [0.1, 0.15) is 0 Å². The Morgan fingerprint density at radius 3 is 2.77 bits per heavy atom. The van der Waals surface area contributed by atoms with Crippen molar-refractivity contribution >= 4 is 18.6 Å². The Morgan fingerprint density at radius 2 is 2.23 bits per heavy atom. The molecule has 0 aromatic carbocycles. The van der Waals surface area contributed by atoms with Crippen LogP contribution in [0.3, 0.4) is 0 Å². The van der Waals surface area contributed by atoms with E-state index in [1.54, 1.807) is 0 Å². The van der Waals surface area contributed by atoms with E-state index in [1.165, 1.54) is 0 Å². The fraction of sp³-hybridized carbons (Fsp3) is 0.571. The van der Waals surface area contributed by atoms with E-state index in [0.717, 1.165) is 6.42 Å². The van der Waals surface area contributed by atoms with Crippen molar-refractivity contribution in [2.24, 2.45) is 0 Å². The Balaban J connectivity index is 2.16. The predicted octanol–water partition coefficient (Wildman–Crippen LogP) is 1.16. The van der Waals surface area contributed by atoms with Crippen molar-refractivity contribution in [1.29, 1.82) is 0 Å². The van der Waals surface area contributed by atoms with Crippen molar-refractivity contribution in [2.45, 2.75) is 30.9 Å². The fourth-order valence-electron chi connectivity index (χ4n) is 0.898. The minimum atomic E-state index is -0.777. The van der Waals surface area contributed by atoms with E-state index in [0.29, 0.717) is 18.7 Å². The molecule has 1 aromatic heterocycles. The fourth-order valence-corrected chi connectivity index (χ4v) is 1.05. The van der Waals surface area contributed by atoms with E-state index < -0.39 is 5.97 Å². The van der Waals surface area contributed by atoms with Crippen LogP contribution in [0.5, 0.6) is 0 Å². The average molecular weight is 202 g/mol. The Bertz CT molecular complexity index is 287. The minimum absolute atomic E-state index is 0.182. The number of aliphatic carboxylic acids is 1. The number of nitrogens with zero attached hydrogens (tertiary/aromatic N) is 2. The molecule has 0 spiro atoms. The van der Waals surface area contributed by atoms with E-state index in [9.17, 15) is 4.79 Å². The SMILES string of the molecule is O=C(O)CCCCc1nnc(S)o1. The second-order valence-corrected chi connectivity index (χ2v) is 2.96. The molecule has 0 atom stereocenters. The first-order chi connectivity index (χ1) is 6.18. The van der Waals surface area contributed by atoms with Crippen molar-refractivity contribution in [3.63, 3.8) is 0 Å².